The summed E-state index contributed by atoms with van der Waals surface area (Å²) in [5.41, 5.74) is 1.25. The number of Topliss-reactive ketones (excluding diaryl/α,β-unsaturated/α-hetero) is 1. The Morgan fingerprint density at radius 1 is 0.867 bits per heavy atom. The minimum absolute atomic E-state index is 0.253. The number of benzene rings is 2. The number of carbonyl (C=O) groups is 1. The molecule has 0 aromatic heterocycles. The Hall–Kier alpha value is -2.00. The van der Waals surface area contributed by atoms with Crippen LogP contribution in [0.3, 0.4) is 0 Å². The number of rotatable bonds is 15. The SMILES string of the molecule is CCCCCCOc1ccc(C[C@@H](CC)CC(=O)CCOc2ccc(Cl)cc2)cc1. The summed E-state index contributed by atoms with van der Waals surface area (Å²) in [6.07, 6.45) is 7.78. The largest absolute Gasteiger partial charge is 0.494 e. The molecule has 0 aliphatic rings. The maximum Gasteiger partial charge on any atom is 0.136 e. The molecule has 30 heavy (non-hydrogen) atoms. The van der Waals surface area contributed by atoms with Gasteiger partial charge in [-0.3, -0.25) is 4.79 Å². The van der Waals surface area contributed by atoms with Gasteiger partial charge < -0.3 is 9.47 Å². The smallest absolute Gasteiger partial charge is 0.136 e. The molecule has 0 N–H and O–H groups in total. The lowest BCUT2D eigenvalue weighted by Crippen LogP contribution is -2.13. The highest BCUT2D eigenvalue weighted by molar-refractivity contribution is 6.30. The Morgan fingerprint density at radius 3 is 2.13 bits per heavy atom. The summed E-state index contributed by atoms with van der Waals surface area (Å²) in [6.45, 7) is 5.55. The average Bonchev–Trinajstić information content (AvgIpc) is 2.75. The number of ketones is 1. The molecule has 3 nitrogen and oxygen atoms in total. The van der Waals surface area contributed by atoms with E-state index in [1.54, 1.807) is 12.1 Å². The number of hydrogen-bond acceptors (Lipinski definition) is 3. The summed E-state index contributed by atoms with van der Waals surface area (Å²) in [5, 5.41) is 0.677. The minimum atomic E-state index is 0.253. The molecule has 164 valence electrons. The quantitative estimate of drug-likeness (QED) is 0.278. The van der Waals surface area contributed by atoms with Crippen molar-refractivity contribution in [2.24, 2.45) is 5.92 Å². The monoisotopic (exact) mass is 430 g/mol. The molecule has 2 aromatic rings. The van der Waals surface area contributed by atoms with Crippen LogP contribution in [0.2, 0.25) is 5.02 Å². The van der Waals surface area contributed by atoms with Crippen molar-refractivity contribution in [1.82, 2.24) is 0 Å². The van der Waals surface area contributed by atoms with E-state index in [1.807, 2.05) is 24.3 Å². The maximum atomic E-state index is 12.4. The maximum absolute atomic E-state index is 12.4. The molecule has 0 fully saturated rings. The van der Waals surface area contributed by atoms with Crippen LogP contribution in [0, 0.1) is 5.92 Å². The number of halogens is 1. The number of carbonyl (C=O) groups excluding carboxylic acids is 1. The minimum Gasteiger partial charge on any atom is -0.494 e. The van der Waals surface area contributed by atoms with E-state index in [0.717, 1.165) is 37.4 Å². The Morgan fingerprint density at radius 2 is 1.50 bits per heavy atom. The van der Waals surface area contributed by atoms with Crippen molar-refractivity contribution in [2.45, 2.75) is 65.2 Å². The normalized spacial score (nSPS) is 11.8. The van der Waals surface area contributed by atoms with Crippen molar-refractivity contribution in [3.05, 3.63) is 59.1 Å². The van der Waals surface area contributed by atoms with Gasteiger partial charge in [-0.15, -0.1) is 0 Å². The molecule has 2 rings (SSSR count). The van der Waals surface area contributed by atoms with Crippen molar-refractivity contribution in [2.75, 3.05) is 13.2 Å². The zero-order chi connectivity index (χ0) is 21.6. The molecule has 0 bridgehead atoms. The third-order valence-electron chi connectivity index (χ3n) is 5.27. The molecule has 1 atom stereocenters. The fourth-order valence-electron chi connectivity index (χ4n) is 3.37. The van der Waals surface area contributed by atoms with Crippen LogP contribution in [0.25, 0.3) is 0 Å². The molecule has 4 heteroatoms. The first-order valence-corrected chi connectivity index (χ1v) is 11.6. The predicted molar refractivity (Wildman–Crippen MR) is 125 cm³/mol. The zero-order valence-electron chi connectivity index (χ0n) is 18.4. The van der Waals surface area contributed by atoms with E-state index >= 15 is 0 Å². The van der Waals surface area contributed by atoms with Crippen LogP contribution in [0.15, 0.2) is 48.5 Å². The summed E-state index contributed by atoms with van der Waals surface area (Å²) in [7, 11) is 0. The summed E-state index contributed by atoms with van der Waals surface area (Å²) in [6, 6.07) is 15.5. The first kappa shape index (κ1) is 24.3. The second-order valence-electron chi connectivity index (χ2n) is 7.83. The highest BCUT2D eigenvalue weighted by atomic mass is 35.5. The summed E-state index contributed by atoms with van der Waals surface area (Å²) < 4.78 is 11.5. The van der Waals surface area contributed by atoms with Crippen LogP contribution in [-0.2, 0) is 11.2 Å². The molecular weight excluding hydrogens is 396 g/mol. The van der Waals surface area contributed by atoms with Crippen LogP contribution < -0.4 is 9.47 Å². The first-order chi connectivity index (χ1) is 14.6. The molecule has 0 amide bonds. The molecule has 0 saturated heterocycles. The van der Waals surface area contributed by atoms with Gasteiger partial charge in [0.05, 0.1) is 13.2 Å². The lowest BCUT2D eigenvalue weighted by molar-refractivity contribution is -0.120. The molecule has 0 spiro atoms. The topological polar surface area (TPSA) is 35.5 Å². The Labute approximate surface area is 186 Å². The molecular formula is C26H35ClO3. The van der Waals surface area contributed by atoms with E-state index in [-0.39, 0.29) is 5.78 Å². The fourth-order valence-corrected chi connectivity index (χ4v) is 3.50. The third-order valence-corrected chi connectivity index (χ3v) is 5.52. The Bertz CT molecular complexity index is 725. The predicted octanol–water partition coefficient (Wildman–Crippen LogP) is 7.30. The molecule has 2 aromatic carbocycles. The van der Waals surface area contributed by atoms with Crippen molar-refractivity contribution in [1.29, 1.82) is 0 Å². The molecule has 0 aliphatic carbocycles. The summed E-state index contributed by atoms with van der Waals surface area (Å²) >= 11 is 5.87. The van der Waals surface area contributed by atoms with Crippen LogP contribution in [0.5, 0.6) is 11.5 Å². The second-order valence-corrected chi connectivity index (χ2v) is 8.26. The standard InChI is InChI=1S/C26H35ClO3/c1-3-5-6-7-17-29-25-12-8-22(9-13-25)19-21(4-2)20-24(28)16-18-30-26-14-10-23(27)11-15-26/h8-15,21H,3-7,16-20H2,1-2H3/t21-/m1/s1. The van der Waals surface area contributed by atoms with Crippen LogP contribution >= 0.6 is 11.6 Å². The summed E-state index contributed by atoms with van der Waals surface area (Å²) in [4.78, 5) is 12.4. The lowest BCUT2D eigenvalue weighted by Gasteiger charge is -2.15. The van der Waals surface area contributed by atoms with Gasteiger partial charge in [-0.25, -0.2) is 0 Å². The van der Waals surface area contributed by atoms with Gasteiger partial charge in [0.1, 0.15) is 17.3 Å². The molecule has 0 heterocycles. The van der Waals surface area contributed by atoms with Gasteiger partial charge in [0.15, 0.2) is 0 Å². The van der Waals surface area contributed by atoms with Crippen molar-refractivity contribution in [3.8, 4) is 11.5 Å². The van der Waals surface area contributed by atoms with Crippen LogP contribution in [0.1, 0.15) is 64.4 Å². The molecule has 0 saturated carbocycles. The average molecular weight is 431 g/mol. The van der Waals surface area contributed by atoms with E-state index in [0.29, 0.717) is 30.4 Å². The van der Waals surface area contributed by atoms with Gasteiger partial charge in [0.2, 0.25) is 0 Å². The van der Waals surface area contributed by atoms with Gasteiger partial charge in [-0.05, 0) is 60.7 Å². The lowest BCUT2D eigenvalue weighted by atomic mass is 9.91. The fraction of sp³-hybridized carbons (Fsp3) is 0.500. The molecule has 0 unspecified atom stereocenters. The van der Waals surface area contributed by atoms with Crippen molar-refractivity contribution in [3.63, 3.8) is 0 Å². The zero-order valence-corrected chi connectivity index (χ0v) is 19.1. The van der Waals surface area contributed by atoms with Gasteiger partial charge >= 0.3 is 0 Å². The van der Waals surface area contributed by atoms with Crippen molar-refractivity contribution < 1.29 is 14.3 Å². The molecule has 0 aliphatic heterocycles. The Kier molecular flexibility index (Phi) is 11.4. The van der Waals surface area contributed by atoms with Crippen molar-refractivity contribution >= 4 is 17.4 Å². The third kappa shape index (κ3) is 9.67. The van der Waals surface area contributed by atoms with Gasteiger partial charge in [-0.2, -0.15) is 0 Å². The van der Waals surface area contributed by atoms with E-state index in [9.17, 15) is 4.79 Å². The van der Waals surface area contributed by atoms with Gasteiger partial charge in [0, 0.05) is 17.9 Å². The van der Waals surface area contributed by atoms with E-state index < -0.39 is 0 Å². The van der Waals surface area contributed by atoms with E-state index in [1.165, 1.54) is 24.8 Å². The van der Waals surface area contributed by atoms with E-state index in [4.69, 9.17) is 21.1 Å². The highest BCUT2D eigenvalue weighted by Crippen LogP contribution is 2.20. The van der Waals surface area contributed by atoms with Crippen LogP contribution in [0.4, 0.5) is 0 Å². The van der Waals surface area contributed by atoms with Crippen LogP contribution in [-0.4, -0.2) is 19.0 Å². The van der Waals surface area contributed by atoms with E-state index in [2.05, 4.69) is 26.0 Å². The number of ether oxygens (including phenoxy) is 2. The first-order valence-electron chi connectivity index (χ1n) is 11.2. The Balaban J connectivity index is 1.69. The number of unbranched alkanes of at least 4 members (excludes halogenated alkanes) is 3. The van der Waals surface area contributed by atoms with Gasteiger partial charge in [0.25, 0.3) is 0 Å². The highest BCUT2D eigenvalue weighted by Gasteiger charge is 2.13. The number of hydrogen-bond donors (Lipinski definition) is 0. The second kappa shape index (κ2) is 14.1. The molecule has 0 radical (unpaired) electrons. The summed E-state index contributed by atoms with van der Waals surface area (Å²) in [5.74, 6) is 2.28. The van der Waals surface area contributed by atoms with Gasteiger partial charge in [-0.1, -0.05) is 63.3 Å².